The molecule has 5 heteroatoms. The van der Waals surface area contributed by atoms with E-state index in [1.165, 1.54) is 0 Å². The first kappa shape index (κ1) is 14.3. The van der Waals surface area contributed by atoms with Crippen LogP contribution in [0.25, 0.3) is 0 Å². The van der Waals surface area contributed by atoms with Crippen LogP contribution in [0.15, 0.2) is 48.5 Å². The molecule has 0 aromatic heterocycles. The van der Waals surface area contributed by atoms with Gasteiger partial charge in [-0.1, -0.05) is 0 Å². The summed E-state index contributed by atoms with van der Waals surface area (Å²) < 4.78 is 0. The van der Waals surface area contributed by atoms with Gasteiger partial charge in [0, 0.05) is 23.9 Å². The van der Waals surface area contributed by atoms with Gasteiger partial charge < -0.3 is 10.6 Å². The number of hydrogen-bond acceptors (Lipinski definition) is 3. The number of benzene rings is 2. The molecule has 0 saturated carbocycles. The zero-order valence-electron chi connectivity index (χ0n) is 11.4. The third kappa shape index (κ3) is 3.45. The molecule has 0 heterocycles. The summed E-state index contributed by atoms with van der Waals surface area (Å²) in [5, 5.41) is 14.0. The van der Waals surface area contributed by atoms with E-state index in [-0.39, 0.29) is 11.8 Å². The lowest BCUT2D eigenvalue weighted by molar-refractivity contribution is 0.0962. The van der Waals surface area contributed by atoms with E-state index in [1.807, 2.05) is 6.07 Å². The van der Waals surface area contributed by atoms with Gasteiger partial charge in [-0.2, -0.15) is 5.26 Å². The van der Waals surface area contributed by atoms with E-state index >= 15 is 0 Å². The molecule has 2 aromatic rings. The van der Waals surface area contributed by atoms with Crippen molar-refractivity contribution in [1.82, 2.24) is 5.32 Å². The van der Waals surface area contributed by atoms with Crippen LogP contribution in [0.4, 0.5) is 5.69 Å². The molecule has 2 amide bonds. The molecule has 0 saturated heterocycles. The van der Waals surface area contributed by atoms with Crippen LogP contribution in [0.1, 0.15) is 26.3 Å². The summed E-state index contributed by atoms with van der Waals surface area (Å²) in [5.41, 5.74) is 2.08. The lowest BCUT2D eigenvalue weighted by Gasteiger charge is -2.06. The van der Waals surface area contributed by atoms with Crippen molar-refractivity contribution in [3.63, 3.8) is 0 Å². The quantitative estimate of drug-likeness (QED) is 0.903. The van der Waals surface area contributed by atoms with Gasteiger partial charge in [-0.05, 0) is 48.5 Å². The third-order valence-corrected chi connectivity index (χ3v) is 2.91. The van der Waals surface area contributed by atoms with E-state index in [2.05, 4.69) is 10.6 Å². The molecule has 104 valence electrons. The number of nitriles is 1. The maximum atomic E-state index is 12.0. The van der Waals surface area contributed by atoms with Crippen LogP contribution >= 0.6 is 0 Å². The highest BCUT2D eigenvalue weighted by atomic mass is 16.2. The molecule has 0 radical (unpaired) electrons. The highest BCUT2D eigenvalue weighted by Crippen LogP contribution is 2.12. The fourth-order valence-electron chi connectivity index (χ4n) is 1.75. The topological polar surface area (TPSA) is 82.0 Å². The highest BCUT2D eigenvalue weighted by molar-refractivity contribution is 6.04. The summed E-state index contributed by atoms with van der Waals surface area (Å²) in [6, 6.07) is 14.9. The first-order chi connectivity index (χ1) is 10.1. The average molecular weight is 279 g/mol. The molecule has 5 nitrogen and oxygen atoms in total. The van der Waals surface area contributed by atoms with Gasteiger partial charge >= 0.3 is 0 Å². The molecule has 21 heavy (non-hydrogen) atoms. The molecule has 2 rings (SSSR count). The number of nitrogens with one attached hydrogen (secondary N) is 2. The standard InChI is InChI=1S/C16H13N3O2/c1-18-15(20)12-6-8-14(9-7-12)19-16(21)13-4-2-11(10-17)3-5-13/h2-9H,1H3,(H,18,20)(H,19,21). The van der Waals surface area contributed by atoms with Gasteiger partial charge in [0.1, 0.15) is 0 Å². The van der Waals surface area contributed by atoms with Crippen molar-refractivity contribution in [2.24, 2.45) is 0 Å². The number of rotatable bonds is 3. The largest absolute Gasteiger partial charge is 0.355 e. The molecule has 0 bridgehead atoms. The zero-order valence-corrected chi connectivity index (χ0v) is 11.4. The molecule has 0 aliphatic heterocycles. The predicted octanol–water partition coefficient (Wildman–Crippen LogP) is 2.17. The highest BCUT2D eigenvalue weighted by Gasteiger charge is 2.07. The summed E-state index contributed by atoms with van der Waals surface area (Å²) in [7, 11) is 1.56. The monoisotopic (exact) mass is 279 g/mol. The average Bonchev–Trinajstić information content (AvgIpc) is 2.55. The minimum Gasteiger partial charge on any atom is -0.355 e. The van der Waals surface area contributed by atoms with Crippen LogP contribution in [-0.4, -0.2) is 18.9 Å². The molecule has 0 aliphatic carbocycles. The van der Waals surface area contributed by atoms with Gasteiger partial charge in [-0.15, -0.1) is 0 Å². The fourth-order valence-corrected chi connectivity index (χ4v) is 1.75. The molecule has 2 N–H and O–H groups in total. The number of amides is 2. The zero-order chi connectivity index (χ0) is 15.2. The molecular formula is C16H13N3O2. The Hall–Kier alpha value is -3.13. The normalized spacial score (nSPS) is 9.52. The maximum absolute atomic E-state index is 12.0. The van der Waals surface area contributed by atoms with Crippen molar-refractivity contribution in [3.8, 4) is 6.07 Å². The summed E-state index contributed by atoms with van der Waals surface area (Å²) in [6.45, 7) is 0. The van der Waals surface area contributed by atoms with Crippen LogP contribution in [0.3, 0.4) is 0 Å². The number of nitrogens with zero attached hydrogens (tertiary/aromatic N) is 1. The van der Waals surface area contributed by atoms with Crippen LogP contribution in [0.5, 0.6) is 0 Å². The maximum Gasteiger partial charge on any atom is 0.255 e. The minimum absolute atomic E-state index is 0.181. The van der Waals surface area contributed by atoms with Gasteiger partial charge in [0.05, 0.1) is 11.6 Å². The summed E-state index contributed by atoms with van der Waals surface area (Å²) in [6.07, 6.45) is 0. The first-order valence-corrected chi connectivity index (χ1v) is 6.27. The Kier molecular flexibility index (Phi) is 4.32. The van der Waals surface area contributed by atoms with Crippen molar-refractivity contribution in [3.05, 3.63) is 65.2 Å². The Labute approximate surface area is 122 Å². The lowest BCUT2D eigenvalue weighted by Crippen LogP contribution is -2.17. The predicted molar refractivity (Wildman–Crippen MR) is 78.9 cm³/mol. The minimum atomic E-state index is -0.271. The van der Waals surface area contributed by atoms with Gasteiger partial charge in [0.25, 0.3) is 11.8 Å². The Morgan fingerprint density at radius 1 is 0.905 bits per heavy atom. The SMILES string of the molecule is CNC(=O)c1ccc(NC(=O)c2ccc(C#N)cc2)cc1. The molecule has 0 aliphatic rings. The van der Waals surface area contributed by atoms with E-state index in [0.717, 1.165) is 0 Å². The van der Waals surface area contributed by atoms with Crippen molar-refractivity contribution in [2.45, 2.75) is 0 Å². The van der Waals surface area contributed by atoms with Crippen LogP contribution in [0, 0.1) is 11.3 Å². The van der Waals surface area contributed by atoms with Gasteiger partial charge in [-0.3, -0.25) is 9.59 Å². The van der Waals surface area contributed by atoms with E-state index < -0.39 is 0 Å². The molecule has 2 aromatic carbocycles. The van der Waals surface area contributed by atoms with Gasteiger partial charge in [0.15, 0.2) is 0 Å². The van der Waals surface area contributed by atoms with Gasteiger partial charge in [0.2, 0.25) is 0 Å². The third-order valence-electron chi connectivity index (χ3n) is 2.91. The number of carbonyl (C=O) groups excluding carboxylic acids is 2. The van der Waals surface area contributed by atoms with Crippen LogP contribution < -0.4 is 10.6 Å². The van der Waals surface area contributed by atoms with Crippen molar-refractivity contribution < 1.29 is 9.59 Å². The molecule has 0 atom stereocenters. The molecule has 0 spiro atoms. The Bertz CT molecular complexity index is 698. The first-order valence-electron chi connectivity index (χ1n) is 6.27. The Balaban J connectivity index is 2.08. The molecule has 0 fully saturated rings. The van der Waals surface area contributed by atoms with Crippen LogP contribution in [-0.2, 0) is 0 Å². The van der Waals surface area contributed by atoms with E-state index in [9.17, 15) is 9.59 Å². The number of anilines is 1. The second-order valence-corrected chi connectivity index (χ2v) is 4.30. The van der Waals surface area contributed by atoms with E-state index in [4.69, 9.17) is 5.26 Å². The number of carbonyl (C=O) groups is 2. The van der Waals surface area contributed by atoms with Crippen molar-refractivity contribution >= 4 is 17.5 Å². The second-order valence-electron chi connectivity index (χ2n) is 4.30. The Morgan fingerprint density at radius 3 is 1.95 bits per heavy atom. The fraction of sp³-hybridized carbons (Fsp3) is 0.0625. The summed E-state index contributed by atoms with van der Waals surface area (Å²) >= 11 is 0. The van der Waals surface area contributed by atoms with Crippen molar-refractivity contribution in [2.75, 3.05) is 12.4 Å². The Morgan fingerprint density at radius 2 is 1.43 bits per heavy atom. The lowest BCUT2D eigenvalue weighted by atomic mass is 10.1. The summed E-state index contributed by atoms with van der Waals surface area (Å²) in [5.74, 6) is -0.452. The van der Waals surface area contributed by atoms with E-state index in [1.54, 1.807) is 55.6 Å². The molecular weight excluding hydrogens is 266 g/mol. The van der Waals surface area contributed by atoms with E-state index in [0.29, 0.717) is 22.4 Å². The number of hydrogen-bond donors (Lipinski definition) is 2. The smallest absolute Gasteiger partial charge is 0.255 e. The summed E-state index contributed by atoms with van der Waals surface area (Å²) in [4.78, 5) is 23.4. The molecule has 0 unspecified atom stereocenters. The van der Waals surface area contributed by atoms with Crippen molar-refractivity contribution in [1.29, 1.82) is 5.26 Å². The second kappa shape index (κ2) is 6.35. The van der Waals surface area contributed by atoms with Gasteiger partial charge in [-0.25, -0.2) is 0 Å². The van der Waals surface area contributed by atoms with Crippen LogP contribution in [0.2, 0.25) is 0 Å².